The summed E-state index contributed by atoms with van der Waals surface area (Å²) in [6.45, 7) is -0.348. The van der Waals surface area contributed by atoms with E-state index in [4.69, 9.17) is 9.63 Å². The molecule has 0 radical (unpaired) electrons. The van der Waals surface area contributed by atoms with Crippen LogP contribution in [-0.2, 0) is 6.61 Å². The molecule has 0 saturated heterocycles. The molecule has 2 aromatic rings. The second-order valence-corrected chi connectivity index (χ2v) is 4.04. The summed E-state index contributed by atoms with van der Waals surface area (Å²) in [5.41, 5.74) is 0.330. The zero-order valence-corrected chi connectivity index (χ0v) is 9.92. The van der Waals surface area contributed by atoms with Crippen molar-refractivity contribution >= 4 is 21.6 Å². The largest absolute Gasteiger partial charge is 0.388 e. The molecule has 7 nitrogen and oxygen atoms in total. The summed E-state index contributed by atoms with van der Waals surface area (Å²) in [5, 5.41) is 23.0. The van der Waals surface area contributed by atoms with Gasteiger partial charge in [0.1, 0.15) is 6.61 Å². The minimum atomic E-state index is -0.516. The predicted molar refractivity (Wildman–Crippen MR) is 60.0 cm³/mol. The first-order valence-electron chi connectivity index (χ1n) is 4.49. The van der Waals surface area contributed by atoms with Gasteiger partial charge in [0, 0.05) is 22.2 Å². The van der Waals surface area contributed by atoms with Crippen molar-refractivity contribution < 1.29 is 14.6 Å². The average molecular weight is 300 g/mol. The summed E-state index contributed by atoms with van der Waals surface area (Å²) in [5.74, 6) is 0.251. The van der Waals surface area contributed by atoms with E-state index in [1.165, 1.54) is 12.1 Å². The maximum atomic E-state index is 10.7. The molecule has 0 aliphatic heterocycles. The van der Waals surface area contributed by atoms with Gasteiger partial charge in [-0.2, -0.15) is 4.98 Å². The number of aliphatic hydroxyl groups excluding tert-OH is 1. The van der Waals surface area contributed by atoms with Gasteiger partial charge in [-0.1, -0.05) is 21.1 Å². The lowest BCUT2D eigenvalue weighted by Gasteiger charge is -1.97. The zero-order valence-electron chi connectivity index (χ0n) is 8.33. The number of hydrogen-bond donors (Lipinski definition) is 1. The van der Waals surface area contributed by atoms with Gasteiger partial charge in [-0.3, -0.25) is 10.1 Å². The maximum absolute atomic E-state index is 10.7. The summed E-state index contributed by atoms with van der Waals surface area (Å²) < 4.78 is 5.40. The van der Waals surface area contributed by atoms with Gasteiger partial charge in [0.2, 0.25) is 0 Å². The zero-order chi connectivity index (χ0) is 12.4. The van der Waals surface area contributed by atoms with E-state index in [1.54, 1.807) is 6.07 Å². The number of aromatic nitrogens is 2. The van der Waals surface area contributed by atoms with Gasteiger partial charge >= 0.3 is 0 Å². The molecule has 0 atom stereocenters. The molecule has 1 aromatic heterocycles. The van der Waals surface area contributed by atoms with Crippen LogP contribution in [0.2, 0.25) is 0 Å². The van der Waals surface area contributed by atoms with Crippen molar-refractivity contribution in [3.8, 4) is 11.5 Å². The van der Waals surface area contributed by atoms with Crippen molar-refractivity contribution in [3.63, 3.8) is 0 Å². The molecule has 0 fully saturated rings. The van der Waals surface area contributed by atoms with E-state index in [2.05, 4.69) is 26.1 Å². The number of rotatable bonds is 3. The lowest BCUT2D eigenvalue weighted by molar-refractivity contribution is -0.384. The Morgan fingerprint density at radius 1 is 1.47 bits per heavy atom. The first-order valence-corrected chi connectivity index (χ1v) is 5.28. The van der Waals surface area contributed by atoms with Crippen LogP contribution in [0.3, 0.4) is 0 Å². The molecule has 0 saturated carbocycles. The molecule has 17 heavy (non-hydrogen) atoms. The fraction of sp³-hybridized carbons (Fsp3) is 0.111. The van der Waals surface area contributed by atoms with Crippen molar-refractivity contribution in [3.05, 3.63) is 38.6 Å². The van der Waals surface area contributed by atoms with E-state index in [-0.39, 0.29) is 24.0 Å². The molecule has 0 aliphatic rings. The molecular weight excluding hydrogens is 294 g/mol. The molecule has 0 bridgehead atoms. The highest BCUT2D eigenvalue weighted by Gasteiger charge is 2.14. The number of non-ortho nitro benzene ring substituents is 1. The average Bonchev–Trinajstić information content (AvgIpc) is 2.76. The minimum Gasteiger partial charge on any atom is -0.388 e. The Bertz CT molecular complexity index is 569. The Balaban J connectivity index is 2.47. The van der Waals surface area contributed by atoms with Crippen molar-refractivity contribution in [1.82, 2.24) is 10.1 Å². The van der Waals surface area contributed by atoms with Gasteiger partial charge < -0.3 is 9.63 Å². The summed E-state index contributed by atoms with van der Waals surface area (Å²) in [7, 11) is 0. The topological polar surface area (TPSA) is 102 Å². The van der Waals surface area contributed by atoms with E-state index in [1.807, 2.05) is 0 Å². The van der Waals surface area contributed by atoms with Crippen LogP contribution in [0.1, 0.15) is 5.82 Å². The Labute approximate surface area is 103 Å². The van der Waals surface area contributed by atoms with Crippen LogP contribution in [-0.4, -0.2) is 20.2 Å². The minimum absolute atomic E-state index is 0.0851. The Hall–Kier alpha value is -1.80. The first kappa shape index (κ1) is 11.7. The third kappa shape index (κ3) is 2.48. The van der Waals surface area contributed by atoms with Gasteiger partial charge in [-0.15, -0.1) is 0 Å². The fourth-order valence-electron chi connectivity index (χ4n) is 1.24. The normalized spacial score (nSPS) is 10.5. The molecule has 0 aliphatic carbocycles. The molecule has 88 valence electrons. The number of aliphatic hydroxyl groups is 1. The van der Waals surface area contributed by atoms with E-state index in [9.17, 15) is 10.1 Å². The quantitative estimate of drug-likeness (QED) is 0.686. The molecule has 0 unspecified atom stereocenters. The number of nitro groups is 1. The van der Waals surface area contributed by atoms with E-state index < -0.39 is 4.92 Å². The van der Waals surface area contributed by atoms with Crippen LogP contribution in [0.15, 0.2) is 27.2 Å². The lowest BCUT2D eigenvalue weighted by Crippen LogP contribution is -1.89. The van der Waals surface area contributed by atoms with Crippen molar-refractivity contribution in [2.24, 2.45) is 0 Å². The summed E-state index contributed by atoms with van der Waals surface area (Å²) in [4.78, 5) is 14.0. The molecular formula is C9H6BrN3O4. The Kier molecular flexibility index (Phi) is 3.16. The van der Waals surface area contributed by atoms with Crippen LogP contribution >= 0.6 is 15.9 Å². The van der Waals surface area contributed by atoms with Crippen LogP contribution in [0, 0.1) is 10.1 Å². The highest BCUT2D eigenvalue weighted by Crippen LogP contribution is 2.27. The van der Waals surface area contributed by atoms with Gasteiger partial charge in [-0.05, 0) is 6.07 Å². The smallest absolute Gasteiger partial charge is 0.271 e. The molecule has 0 spiro atoms. The molecule has 1 heterocycles. The molecule has 1 aromatic carbocycles. The SMILES string of the molecule is O=[N+]([O-])c1cc(Br)cc(-c2nc(CO)no2)c1. The summed E-state index contributed by atoms with van der Waals surface area (Å²) >= 11 is 3.16. The summed E-state index contributed by atoms with van der Waals surface area (Å²) in [6.07, 6.45) is 0. The van der Waals surface area contributed by atoms with Crippen molar-refractivity contribution in [1.29, 1.82) is 0 Å². The third-order valence-corrected chi connectivity index (χ3v) is 2.41. The van der Waals surface area contributed by atoms with Crippen molar-refractivity contribution in [2.45, 2.75) is 6.61 Å². The number of nitrogens with zero attached hydrogens (tertiary/aromatic N) is 3. The van der Waals surface area contributed by atoms with E-state index in [0.717, 1.165) is 0 Å². The lowest BCUT2D eigenvalue weighted by atomic mass is 10.2. The van der Waals surface area contributed by atoms with Crippen LogP contribution in [0.4, 0.5) is 5.69 Å². The summed E-state index contributed by atoms with van der Waals surface area (Å²) in [6, 6.07) is 4.30. The number of benzene rings is 1. The van der Waals surface area contributed by atoms with Gasteiger partial charge in [-0.25, -0.2) is 0 Å². The van der Waals surface area contributed by atoms with E-state index >= 15 is 0 Å². The number of nitro benzene ring substituents is 1. The fourth-order valence-corrected chi connectivity index (χ4v) is 1.72. The van der Waals surface area contributed by atoms with Crippen molar-refractivity contribution in [2.75, 3.05) is 0 Å². The highest BCUT2D eigenvalue weighted by molar-refractivity contribution is 9.10. The standard InChI is InChI=1S/C9H6BrN3O4/c10-6-1-5(2-7(3-6)13(15)16)9-11-8(4-14)12-17-9/h1-3,14H,4H2. The van der Waals surface area contributed by atoms with Gasteiger partial charge in [0.15, 0.2) is 5.82 Å². The van der Waals surface area contributed by atoms with Crippen LogP contribution < -0.4 is 0 Å². The Morgan fingerprint density at radius 2 is 2.24 bits per heavy atom. The molecule has 0 amide bonds. The van der Waals surface area contributed by atoms with Crippen LogP contribution in [0.5, 0.6) is 0 Å². The first-order chi connectivity index (χ1) is 8.10. The second kappa shape index (κ2) is 4.60. The number of hydrogen-bond acceptors (Lipinski definition) is 6. The number of halogens is 1. The van der Waals surface area contributed by atoms with E-state index in [0.29, 0.717) is 10.0 Å². The molecule has 2 rings (SSSR count). The Morgan fingerprint density at radius 3 is 2.82 bits per heavy atom. The second-order valence-electron chi connectivity index (χ2n) is 3.13. The van der Waals surface area contributed by atoms with Gasteiger partial charge in [0.25, 0.3) is 11.6 Å². The third-order valence-electron chi connectivity index (χ3n) is 1.95. The maximum Gasteiger partial charge on any atom is 0.271 e. The van der Waals surface area contributed by atoms with Crippen LogP contribution in [0.25, 0.3) is 11.5 Å². The highest BCUT2D eigenvalue weighted by atomic mass is 79.9. The van der Waals surface area contributed by atoms with Gasteiger partial charge in [0.05, 0.1) is 4.92 Å². The predicted octanol–water partition coefficient (Wildman–Crippen LogP) is 1.90. The monoisotopic (exact) mass is 299 g/mol. The molecule has 1 N–H and O–H groups in total. The molecule has 8 heteroatoms.